The summed E-state index contributed by atoms with van der Waals surface area (Å²) in [6.07, 6.45) is 0. The zero-order valence-electron chi connectivity index (χ0n) is 15.5. The molecule has 0 unspecified atom stereocenters. The molecule has 2 heterocycles. The SMILES string of the molecule is CC.CC.CCOC(=O)c1nnc(Cl)c2cc(-c3ccc(F)cc3)sc12. The first-order valence-corrected chi connectivity index (χ1v) is 9.68. The Labute approximate surface area is 162 Å². The molecule has 0 radical (unpaired) electrons. The number of nitrogens with zero attached hydrogens (tertiary/aromatic N) is 2. The molecule has 26 heavy (non-hydrogen) atoms. The lowest BCUT2D eigenvalue weighted by molar-refractivity contribution is 0.0521. The van der Waals surface area contributed by atoms with Crippen LogP contribution in [-0.4, -0.2) is 22.8 Å². The molecule has 0 aliphatic rings. The number of fused-ring (bicyclic) bond motifs is 1. The summed E-state index contributed by atoms with van der Waals surface area (Å²) in [5, 5.41) is 8.48. The van der Waals surface area contributed by atoms with E-state index in [0.717, 1.165) is 10.4 Å². The highest BCUT2D eigenvalue weighted by Crippen LogP contribution is 2.37. The van der Waals surface area contributed by atoms with Crippen LogP contribution in [-0.2, 0) is 4.74 Å². The van der Waals surface area contributed by atoms with Gasteiger partial charge in [-0.3, -0.25) is 0 Å². The second-order valence-electron chi connectivity index (χ2n) is 4.42. The van der Waals surface area contributed by atoms with Gasteiger partial charge in [0.25, 0.3) is 0 Å². The third kappa shape index (κ3) is 4.99. The lowest BCUT2D eigenvalue weighted by Crippen LogP contribution is -2.08. The van der Waals surface area contributed by atoms with Gasteiger partial charge < -0.3 is 4.74 Å². The van der Waals surface area contributed by atoms with Crippen LogP contribution in [0.1, 0.15) is 45.1 Å². The van der Waals surface area contributed by atoms with Crippen LogP contribution >= 0.6 is 22.9 Å². The van der Waals surface area contributed by atoms with Crippen LogP contribution in [0, 0.1) is 5.82 Å². The molecule has 0 spiro atoms. The molecule has 1 aromatic carbocycles. The first kappa shape index (κ1) is 22.0. The molecule has 0 saturated heterocycles. The van der Waals surface area contributed by atoms with Crippen molar-refractivity contribution in [3.8, 4) is 10.4 Å². The van der Waals surface area contributed by atoms with Crippen molar-refractivity contribution in [3.63, 3.8) is 0 Å². The van der Waals surface area contributed by atoms with Gasteiger partial charge in [-0.1, -0.05) is 51.4 Å². The number of esters is 1. The van der Waals surface area contributed by atoms with Crippen LogP contribution in [0.4, 0.5) is 4.39 Å². The van der Waals surface area contributed by atoms with Crippen molar-refractivity contribution in [2.45, 2.75) is 34.6 Å². The van der Waals surface area contributed by atoms with Crippen LogP contribution in [0.25, 0.3) is 20.5 Å². The molecule has 0 amide bonds. The average Bonchev–Trinajstić information content (AvgIpc) is 3.12. The lowest BCUT2D eigenvalue weighted by atomic mass is 10.2. The van der Waals surface area contributed by atoms with Gasteiger partial charge in [-0.05, 0) is 30.7 Å². The van der Waals surface area contributed by atoms with Crippen molar-refractivity contribution in [1.82, 2.24) is 10.2 Å². The summed E-state index contributed by atoms with van der Waals surface area (Å²) in [7, 11) is 0. The number of aromatic nitrogens is 2. The topological polar surface area (TPSA) is 52.1 Å². The van der Waals surface area contributed by atoms with Crippen molar-refractivity contribution in [2.75, 3.05) is 6.61 Å². The highest BCUT2D eigenvalue weighted by atomic mass is 35.5. The normalized spacial score (nSPS) is 9.65. The fourth-order valence-electron chi connectivity index (χ4n) is 2.00. The Kier molecular flexibility index (Phi) is 9.16. The van der Waals surface area contributed by atoms with Crippen molar-refractivity contribution < 1.29 is 13.9 Å². The Morgan fingerprint density at radius 2 is 1.77 bits per heavy atom. The number of hydrogen-bond acceptors (Lipinski definition) is 5. The summed E-state index contributed by atoms with van der Waals surface area (Å²) >= 11 is 7.40. The zero-order chi connectivity index (χ0) is 19.7. The van der Waals surface area contributed by atoms with E-state index in [2.05, 4.69) is 10.2 Å². The van der Waals surface area contributed by atoms with Gasteiger partial charge in [0, 0.05) is 10.3 Å². The molecule has 0 saturated carbocycles. The van der Waals surface area contributed by atoms with Crippen LogP contribution in [0.2, 0.25) is 5.15 Å². The summed E-state index contributed by atoms with van der Waals surface area (Å²) in [4.78, 5) is 12.8. The van der Waals surface area contributed by atoms with Gasteiger partial charge >= 0.3 is 5.97 Å². The van der Waals surface area contributed by atoms with Gasteiger partial charge in [0.1, 0.15) is 5.82 Å². The van der Waals surface area contributed by atoms with E-state index < -0.39 is 5.97 Å². The number of carbonyl (C=O) groups excluding carboxylic acids is 1. The Hall–Kier alpha value is -2.05. The number of rotatable bonds is 3. The standard InChI is InChI=1S/C15H10ClFN2O2S.2C2H6/c1-2-21-15(20)12-13-10(14(16)19-18-12)7-11(22-13)8-3-5-9(17)6-4-8;2*1-2/h3-7H,2H2,1H3;2*1-2H3. The zero-order valence-corrected chi connectivity index (χ0v) is 17.0. The first-order chi connectivity index (χ1) is 12.6. The summed E-state index contributed by atoms with van der Waals surface area (Å²) in [5.41, 5.74) is 0.966. The molecule has 2 aromatic heterocycles. The Balaban J connectivity index is 0.000000791. The van der Waals surface area contributed by atoms with E-state index in [9.17, 15) is 9.18 Å². The summed E-state index contributed by atoms with van der Waals surface area (Å²) in [5.74, 6) is -0.845. The van der Waals surface area contributed by atoms with Crippen molar-refractivity contribution in [2.24, 2.45) is 0 Å². The minimum absolute atomic E-state index is 0.139. The summed E-state index contributed by atoms with van der Waals surface area (Å²) in [6, 6.07) is 7.90. The van der Waals surface area contributed by atoms with Crippen molar-refractivity contribution >= 4 is 39.0 Å². The van der Waals surface area contributed by atoms with Gasteiger partial charge in [-0.2, -0.15) is 0 Å². The van der Waals surface area contributed by atoms with Gasteiger partial charge in [0.05, 0.1) is 11.3 Å². The van der Waals surface area contributed by atoms with Crippen LogP contribution < -0.4 is 0 Å². The molecule has 0 bridgehead atoms. The monoisotopic (exact) mass is 396 g/mol. The fourth-order valence-corrected chi connectivity index (χ4v) is 3.38. The smallest absolute Gasteiger partial charge is 0.360 e. The molecular formula is C19H22ClFN2O2S. The maximum atomic E-state index is 13.0. The number of ether oxygens (including phenoxy) is 1. The second-order valence-corrected chi connectivity index (χ2v) is 5.83. The molecule has 3 rings (SSSR count). The second kappa shape index (κ2) is 10.8. The third-order valence-corrected chi connectivity index (χ3v) is 4.47. The minimum Gasteiger partial charge on any atom is -0.461 e. The number of thiophene rings is 1. The van der Waals surface area contributed by atoms with E-state index >= 15 is 0 Å². The van der Waals surface area contributed by atoms with E-state index in [1.54, 1.807) is 19.1 Å². The Bertz CT molecular complexity index is 851. The van der Waals surface area contributed by atoms with Gasteiger partial charge in [0.2, 0.25) is 0 Å². The molecule has 4 nitrogen and oxygen atoms in total. The van der Waals surface area contributed by atoms with Gasteiger partial charge in [-0.25, -0.2) is 9.18 Å². The predicted molar refractivity (Wildman–Crippen MR) is 106 cm³/mol. The van der Waals surface area contributed by atoms with E-state index in [1.165, 1.54) is 23.5 Å². The van der Waals surface area contributed by atoms with Gasteiger partial charge in [-0.15, -0.1) is 21.5 Å². The fraction of sp³-hybridized carbons (Fsp3) is 0.316. The van der Waals surface area contributed by atoms with E-state index in [4.69, 9.17) is 16.3 Å². The number of halogens is 2. The molecule has 140 valence electrons. The molecule has 0 aliphatic heterocycles. The summed E-state index contributed by atoms with van der Waals surface area (Å²) < 4.78 is 18.6. The maximum Gasteiger partial charge on any atom is 0.360 e. The van der Waals surface area contributed by atoms with Crippen LogP contribution in [0.5, 0.6) is 0 Å². The van der Waals surface area contributed by atoms with Crippen molar-refractivity contribution in [3.05, 3.63) is 47.0 Å². The van der Waals surface area contributed by atoms with E-state index in [0.29, 0.717) is 10.1 Å². The molecule has 7 heteroatoms. The molecule has 3 aromatic rings. The number of carbonyl (C=O) groups is 1. The molecule has 0 atom stereocenters. The quantitative estimate of drug-likeness (QED) is 0.482. The maximum absolute atomic E-state index is 13.0. The summed E-state index contributed by atoms with van der Waals surface area (Å²) in [6.45, 7) is 9.97. The third-order valence-electron chi connectivity index (χ3n) is 3.00. The van der Waals surface area contributed by atoms with Gasteiger partial charge in [0.15, 0.2) is 10.8 Å². The Morgan fingerprint density at radius 3 is 2.35 bits per heavy atom. The largest absolute Gasteiger partial charge is 0.461 e. The molecule has 0 fully saturated rings. The van der Waals surface area contributed by atoms with E-state index in [1.807, 2.05) is 33.8 Å². The number of benzene rings is 1. The molecular weight excluding hydrogens is 375 g/mol. The highest BCUT2D eigenvalue weighted by molar-refractivity contribution is 7.22. The average molecular weight is 397 g/mol. The predicted octanol–water partition coefficient (Wildman–Crippen LogP) is 6.38. The van der Waals surface area contributed by atoms with Crippen molar-refractivity contribution in [1.29, 1.82) is 0 Å². The Morgan fingerprint density at radius 1 is 1.15 bits per heavy atom. The van der Waals surface area contributed by atoms with Crippen LogP contribution in [0.15, 0.2) is 30.3 Å². The van der Waals surface area contributed by atoms with Crippen LogP contribution in [0.3, 0.4) is 0 Å². The highest BCUT2D eigenvalue weighted by Gasteiger charge is 2.19. The molecule has 0 N–H and O–H groups in total. The first-order valence-electron chi connectivity index (χ1n) is 8.49. The minimum atomic E-state index is -0.538. The lowest BCUT2D eigenvalue weighted by Gasteiger charge is -2.01. The number of hydrogen-bond donors (Lipinski definition) is 0. The molecule has 0 aliphatic carbocycles. The van der Waals surface area contributed by atoms with E-state index in [-0.39, 0.29) is 23.3 Å².